The number of ether oxygens (including phenoxy) is 1. The first-order chi connectivity index (χ1) is 15.8. The van der Waals surface area contributed by atoms with Gasteiger partial charge in [0, 0.05) is 37.8 Å². The maximum Gasteiger partial charge on any atom is 0.433 e. The number of nitrogens with zero attached hydrogens (tertiary/aromatic N) is 4. The van der Waals surface area contributed by atoms with Gasteiger partial charge < -0.3 is 15.2 Å². The summed E-state index contributed by atoms with van der Waals surface area (Å²) in [5.74, 6) is -0.115. The molecule has 0 radical (unpaired) electrons. The van der Waals surface area contributed by atoms with E-state index in [4.69, 9.17) is 9.84 Å². The Balaban J connectivity index is 1.48. The second-order valence-corrected chi connectivity index (χ2v) is 8.95. The quantitative estimate of drug-likeness (QED) is 0.524. The Morgan fingerprint density at radius 1 is 1.27 bits per heavy atom. The number of thiazole rings is 1. The monoisotopic (exact) mass is 479 g/mol. The fourth-order valence-corrected chi connectivity index (χ4v) is 4.60. The van der Waals surface area contributed by atoms with Crippen molar-refractivity contribution in [3.63, 3.8) is 0 Å². The number of hydrogen-bond acceptors (Lipinski definition) is 8. The standard InChI is InChI=1S/C22H24F3N5O2S/c1-14-8-15(10-16(9-14)28-21-26-4-2-19(29-21)22(23,24)25)18-11-27-20(33-18)13-30-5-7-32-17(12-30)3-6-31/h2,4,8-11,17,31H,3,5-7,12-13H2,1H3,(H,26,28,29). The Morgan fingerprint density at radius 3 is 2.91 bits per heavy atom. The van der Waals surface area contributed by atoms with E-state index in [1.807, 2.05) is 31.3 Å². The number of aliphatic hydroxyl groups is 1. The van der Waals surface area contributed by atoms with Crippen LogP contribution in [0.2, 0.25) is 0 Å². The smallest absolute Gasteiger partial charge is 0.396 e. The zero-order chi connectivity index (χ0) is 23.4. The van der Waals surface area contributed by atoms with Gasteiger partial charge >= 0.3 is 6.18 Å². The highest BCUT2D eigenvalue weighted by Crippen LogP contribution is 2.32. The summed E-state index contributed by atoms with van der Waals surface area (Å²) in [6, 6.07) is 6.51. The van der Waals surface area contributed by atoms with Gasteiger partial charge in [-0.2, -0.15) is 13.2 Å². The number of nitrogens with one attached hydrogen (secondary N) is 1. The van der Waals surface area contributed by atoms with E-state index in [1.54, 1.807) is 11.3 Å². The van der Waals surface area contributed by atoms with Gasteiger partial charge in [0.1, 0.15) is 10.7 Å². The van der Waals surface area contributed by atoms with Gasteiger partial charge in [0.25, 0.3) is 0 Å². The highest BCUT2D eigenvalue weighted by Gasteiger charge is 2.32. The van der Waals surface area contributed by atoms with Gasteiger partial charge in [-0.05, 0) is 42.7 Å². The minimum atomic E-state index is -4.53. The van der Waals surface area contributed by atoms with E-state index in [1.165, 1.54) is 0 Å². The molecule has 2 N–H and O–H groups in total. The molecule has 0 aliphatic carbocycles. The maximum atomic E-state index is 12.9. The second kappa shape index (κ2) is 10.1. The summed E-state index contributed by atoms with van der Waals surface area (Å²) in [6.07, 6.45) is -0.985. The Bertz CT molecular complexity index is 1090. The van der Waals surface area contributed by atoms with Gasteiger partial charge in [-0.25, -0.2) is 15.0 Å². The first kappa shape index (κ1) is 23.6. The lowest BCUT2D eigenvalue weighted by atomic mass is 10.1. The highest BCUT2D eigenvalue weighted by molar-refractivity contribution is 7.15. The van der Waals surface area contributed by atoms with Crippen molar-refractivity contribution in [1.29, 1.82) is 0 Å². The van der Waals surface area contributed by atoms with Crippen LogP contribution in [0.5, 0.6) is 0 Å². The van der Waals surface area contributed by atoms with Crippen LogP contribution in [0.4, 0.5) is 24.8 Å². The Kier molecular flexibility index (Phi) is 7.23. The van der Waals surface area contributed by atoms with E-state index >= 15 is 0 Å². The summed E-state index contributed by atoms with van der Waals surface area (Å²) in [6.45, 7) is 4.92. The number of hydrogen-bond donors (Lipinski definition) is 2. The van der Waals surface area contributed by atoms with Crippen molar-refractivity contribution in [1.82, 2.24) is 19.9 Å². The van der Waals surface area contributed by atoms with E-state index in [0.29, 0.717) is 25.3 Å². The molecule has 3 heterocycles. The van der Waals surface area contributed by atoms with Crippen molar-refractivity contribution in [3.05, 3.63) is 52.9 Å². The molecule has 0 saturated carbocycles. The van der Waals surface area contributed by atoms with Crippen LogP contribution < -0.4 is 5.32 Å². The molecule has 1 saturated heterocycles. The van der Waals surface area contributed by atoms with Crippen LogP contribution in [0.25, 0.3) is 10.4 Å². The number of morpholine rings is 1. The fraction of sp³-hybridized carbons (Fsp3) is 0.409. The molecule has 0 spiro atoms. The normalized spacial score (nSPS) is 17.3. The number of benzene rings is 1. The average Bonchev–Trinajstić information content (AvgIpc) is 3.22. The van der Waals surface area contributed by atoms with Crippen molar-refractivity contribution >= 4 is 23.0 Å². The SMILES string of the molecule is Cc1cc(Nc2nccc(C(F)(F)F)n2)cc(-c2cnc(CN3CCOC(CCO)C3)s2)c1. The topological polar surface area (TPSA) is 83.4 Å². The van der Waals surface area contributed by atoms with E-state index in [9.17, 15) is 13.2 Å². The van der Waals surface area contributed by atoms with Crippen LogP contribution in [0.3, 0.4) is 0 Å². The molecule has 0 bridgehead atoms. The van der Waals surface area contributed by atoms with Crippen LogP contribution in [-0.4, -0.2) is 57.4 Å². The molecule has 2 aromatic heterocycles. The van der Waals surface area contributed by atoms with Crippen LogP contribution in [0.1, 0.15) is 22.7 Å². The number of anilines is 2. The third kappa shape index (κ3) is 6.26. The number of aromatic nitrogens is 3. The highest BCUT2D eigenvalue weighted by atomic mass is 32.1. The lowest BCUT2D eigenvalue weighted by Crippen LogP contribution is -2.42. The number of aliphatic hydroxyl groups excluding tert-OH is 1. The molecule has 1 fully saturated rings. The molecule has 11 heteroatoms. The fourth-order valence-electron chi connectivity index (χ4n) is 3.65. The molecule has 1 aromatic carbocycles. The van der Waals surface area contributed by atoms with Crippen molar-refractivity contribution in [3.8, 4) is 10.4 Å². The molecule has 1 unspecified atom stereocenters. The van der Waals surface area contributed by atoms with Crippen LogP contribution >= 0.6 is 11.3 Å². The van der Waals surface area contributed by atoms with Crippen molar-refractivity contribution < 1.29 is 23.0 Å². The third-order valence-corrected chi connectivity index (χ3v) is 6.18. The summed E-state index contributed by atoms with van der Waals surface area (Å²) in [7, 11) is 0. The van der Waals surface area contributed by atoms with E-state index in [-0.39, 0.29) is 18.7 Å². The lowest BCUT2D eigenvalue weighted by molar-refractivity contribution is -0.141. The zero-order valence-corrected chi connectivity index (χ0v) is 18.8. The maximum absolute atomic E-state index is 12.9. The van der Waals surface area contributed by atoms with Gasteiger partial charge in [0.15, 0.2) is 0 Å². The lowest BCUT2D eigenvalue weighted by Gasteiger charge is -2.32. The number of rotatable bonds is 7. The molecule has 0 amide bonds. The Hall–Kier alpha value is -2.60. The molecule has 33 heavy (non-hydrogen) atoms. The van der Waals surface area contributed by atoms with E-state index in [0.717, 1.165) is 46.4 Å². The zero-order valence-electron chi connectivity index (χ0n) is 18.0. The van der Waals surface area contributed by atoms with Crippen molar-refractivity contribution in [2.24, 2.45) is 0 Å². The first-order valence-electron chi connectivity index (χ1n) is 10.5. The predicted molar refractivity (Wildman–Crippen MR) is 119 cm³/mol. The molecule has 1 aliphatic rings. The summed E-state index contributed by atoms with van der Waals surface area (Å²) in [5.41, 5.74) is 1.45. The van der Waals surface area contributed by atoms with E-state index < -0.39 is 11.9 Å². The summed E-state index contributed by atoms with van der Waals surface area (Å²) < 4.78 is 44.5. The summed E-state index contributed by atoms with van der Waals surface area (Å²) >= 11 is 1.57. The summed E-state index contributed by atoms with van der Waals surface area (Å²) in [4.78, 5) is 15.3. The van der Waals surface area contributed by atoms with Gasteiger partial charge in [0.2, 0.25) is 5.95 Å². The third-order valence-electron chi connectivity index (χ3n) is 5.15. The van der Waals surface area contributed by atoms with Gasteiger partial charge in [0.05, 0.1) is 24.1 Å². The Morgan fingerprint density at radius 2 is 2.12 bits per heavy atom. The van der Waals surface area contributed by atoms with Crippen LogP contribution in [0.15, 0.2) is 36.7 Å². The van der Waals surface area contributed by atoms with Crippen LogP contribution in [0, 0.1) is 6.92 Å². The molecule has 4 rings (SSSR count). The molecule has 176 valence electrons. The second-order valence-electron chi connectivity index (χ2n) is 7.83. The Labute approximate surface area is 193 Å². The summed E-state index contributed by atoms with van der Waals surface area (Å²) in [5, 5.41) is 13.0. The molecule has 3 aromatic rings. The van der Waals surface area contributed by atoms with Gasteiger partial charge in [-0.3, -0.25) is 4.90 Å². The van der Waals surface area contributed by atoms with Crippen molar-refractivity contribution in [2.45, 2.75) is 32.2 Å². The van der Waals surface area contributed by atoms with Gasteiger partial charge in [-0.1, -0.05) is 6.07 Å². The van der Waals surface area contributed by atoms with Gasteiger partial charge in [-0.15, -0.1) is 11.3 Å². The number of halogens is 3. The van der Waals surface area contributed by atoms with E-state index in [2.05, 4.69) is 25.2 Å². The molecular formula is C22H24F3N5O2S. The molecule has 1 atom stereocenters. The minimum absolute atomic E-state index is 0.0339. The molecule has 1 aliphatic heterocycles. The largest absolute Gasteiger partial charge is 0.433 e. The number of alkyl halides is 3. The molecule has 7 nitrogen and oxygen atoms in total. The van der Waals surface area contributed by atoms with Crippen molar-refractivity contribution in [2.75, 3.05) is 31.6 Å². The number of aryl methyl sites for hydroxylation is 1. The average molecular weight is 480 g/mol. The van der Waals surface area contributed by atoms with Crippen LogP contribution in [-0.2, 0) is 17.5 Å². The molecular weight excluding hydrogens is 455 g/mol. The minimum Gasteiger partial charge on any atom is -0.396 e. The first-order valence-corrected chi connectivity index (χ1v) is 11.3. The predicted octanol–water partition coefficient (Wildman–Crippen LogP) is 4.25.